The number of hydrogen-bond donors (Lipinski definition) is 0. The molecule has 0 atom stereocenters. The smallest absolute Gasteiger partial charge is 0.260 e. The van der Waals surface area contributed by atoms with Crippen LogP contribution in [0, 0.1) is 10.1 Å². The molecule has 0 aliphatic heterocycles. The van der Waals surface area contributed by atoms with Gasteiger partial charge < -0.3 is 0 Å². The van der Waals surface area contributed by atoms with E-state index in [4.69, 9.17) is 0 Å². The summed E-state index contributed by atoms with van der Waals surface area (Å²) in [5.41, 5.74) is 2.38. The van der Waals surface area contributed by atoms with E-state index in [1.165, 1.54) is 18.0 Å². The van der Waals surface area contributed by atoms with Crippen LogP contribution in [-0.2, 0) is 6.54 Å². The lowest BCUT2D eigenvalue weighted by Crippen LogP contribution is -1.97. The lowest BCUT2D eigenvalue weighted by molar-refractivity contribution is -0.385. The van der Waals surface area contributed by atoms with Crippen molar-refractivity contribution in [3.05, 3.63) is 63.4 Å². The van der Waals surface area contributed by atoms with Crippen molar-refractivity contribution in [2.45, 2.75) is 26.3 Å². The van der Waals surface area contributed by atoms with E-state index in [1.807, 2.05) is 0 Å². The molecular weight excluding hydrogens is 312 g/mol. The van der Waals surface area contributed by atoms with Gasteiger partial charge in [-0.1, -0.05) is 38.1 Å². The van der Waals surface area contributed by atoms with E-state index in [9.17, 15) is 10.1 Å². The van der Waals surface area contributed by atoms with Gasteiger partial charge in [0.25, 0.3) is 0 Å². The van der Waals surface area contributed by atoms with Gasteiger partial charge >= 0.3 is 5.69 Å². The second-order valence-corrected chi connectivity index (χ2v) is 6.68. The van der Waals surface area contributed by atoms with Crippen LogP contribution >= 0.6 is 11.3 Å². The molecule has 0 fully saturated rings. The van der Waals surface area contributed by atoms with Crippen LogP contribution in [-0.4, -0.2) is 19.7 Å². The highest BCUT2D eigenvalue weighted by Gasteiger charge is 2.11. The van der Waals surface area contributed by atoms with Crippen molar-refractivity contribution in [1.82, 2.24) is 14.8 Å². The largest absolute Gasteiger partial charge is 0.307 e. The van der Waals surface area contributed by atoms with Crippen molar-refractivity contribution in [1.29, 1.82) is 0 Å². The molecular formula is C16H16N4O2S. The molecule has 2 aromatic heterocycles. The van der Waals surface area contributed by atoms with Gasteiger partial charge in [-0.2, -0.15) is 5.10 Å². The van der Waals surface area contributed by atoms with Crippen molar-refractivity contribution in [2.24, 2.45) is 0 Å². The lowest BCUT2D eigenvalue weighted by Gasteiger charge is -2.05. The predicted molar refractivity (Wildman–Crippen MR) is 89.6 cm³/mol. The molecule has 1 aromatic carbocycles. The van der Waals surface area contributed by atoms with Crippen LogP contribution in [0.3, 0.4) is 0 Å². The van der Waals surface area contributed by atoms with E-state index in [0.717, 1.165) is 15.4 Å². The number of nitro groups is 1. The Labute approximate surface area is 137 Å². The summed E-state index contributed by atoms with van der Waals surface area (Å²) in [6.45, 7) is 4.81. The zero-order valence-electron chi connectivity index (χ0n) is 12.8. The van der Waals surface area contributed by atoms with Gasteiger partial charge in [-0.25, -0.2) is 4.98 Å². The molecule has 23 heavy (non-hydrogen) atoms. The minimum absolute atomic E-state index is 0.000914. The molecule has 118 valence electrons. The molecule has 0 amide bonds. The second-order valence-electron chi connectivity index (χ2n) is 5.56. The quantitative estimate of drug-likeness (QED) is 0.522. The maximum Gasteiger partial charge on any atom is 0.307 e. The average Bonchev–Trinajstić information content (AvgIpc) is 3.17. The maximum atomic E-state index is 10.7. The third kappa shape index (κ3) is 3.45. The monoisotopic (exact) mass is 328 g/mol. The highest BCUT2D eigenvalue weighted by atomic mass is 32.1. The van der Waals surface area contributed by atoms with Gasteiger partial charge in [0.05, 0.1) is 11.5 Å². The van der Waals surface area contributed by atoms with E-state index in [0.29, 0.717) is 12.5 Å². The summed E-state index contributed by atoms with van der Waals surface area (Å²) >= 11 is 1.57. The van der Waals surface area contributed by atoms with Crippen LogP contribution in [0.4, 0.5) is 5.69 Å². The molecule has 0 aliphatic carbocycles. The van der Waals surface area contributed by atoms with E-state index >= 15 is 0 Å². The zero-order valence-corrected chi connectivity index (χ0v) is 13.7. The molecule has 0 aliphatic rings. The van der Waals surface area contributed by atoms with E-state index in [2.05, 4.69) is 48.2 Å². The Bertz CT molecular complexity index is 821. The van der Waals surface area contributed by atoms with Crippen molar-refractivity contribution < 1.29 is 4.92 Å². The van der Waals surface area contributed by atoms with Gasteiger partial charge in [0.1, 0.15) is 17.4 Å². The molecule has 3 rings (SSSR count). The van der Waals surface area contributed by atoms with Gasteiger partial charge in [-0.15, -0.1) is 11.3 Å². The molecule has 3 aromatic rings. The molecule has 2 heterocycles. The molecule has 6 nitrogen and oxygen atoms in total. The van der Waals surface area contributed by atoms with Crippen LogP contribution in [0.25, 0.3) is 10.6 Å². The predicted octanol–water partition coefficient (Wildman–Crippen LogP) is 4.09. The van der Waals surface area contributed by atoms with Crippen molar-refractivity contribution in [3.63, 3.8) is 0 Å². The summed E-state index contributed by atoms with van der Waals surface area (Å²) in [4.78, 5) is 15.7. The first-order valence-corrected chi connectivity index (χ1v) is 8.06. The van der Waals surface area contributed by atoms with Crippen molar-refractivity contribution in [2.75, 3.05) is 0 Å². The Balaban J connectivity index is 1.75. The minimum Gasteiger partial charge on any atom is -0.260 e. The summed E-state index contributed by atoms with van der Waals surface area (Å²) < 4.78 is 1.55. The molecule has 0 spiro atoms. The molecule has 0 bridgehead atoms. The van der Waals surface area contributed by atoms with Crippen LogP contribution in [0.5, 0.6) is 0 Å². The van der Waals surface area contributed by atoms with Gasteiger partial charge in [-0.3, -0.25) is 14.8 Å². The molecule has 0 unspecified atom stereocenters. The zero-order chi connectivity index (χ0) is 16.4. The third-order valence-electron chi connectivity index (χ3n) is 3.53. The number of nitrogens with zero attached hydrogens (tertiary/aromatic N) is 4. The van der Waals surface area contributed by atoms with Crippen LogP contribution in [0.15, 0.2) is 42.9 Å². The van der Waals surface area contributed by atoms with E-state index in [-0.39, 0.29) is 5.69 Å². The van der Waals surface area contributed by atoms with Gasteiger partial charge in [-0.05, 0) is 11.5 Å². The SMILES string of the molecule is CC(C)c1ccc(-c2ncc(Cn3cc([N+](=O)[O-])cn3)s2)cc1. The number of benzene rings is 1. The Morgan fingerprint density at radius 1 is 1.26 bits per heavy atom. The number of rotatable bonds is 5. The molecule has 0 saturated carbocycles. The summed E-state index contributed by atoms with van der Waals surface area (Å²) in [5.74, 6) is 0.506. The number of aromatic nitrogens is 3. The lowest BCUT2D eigenvalue weighted by atomic mass is 10.0. The Morgan fingerprint density at radius 2 is 2.00 bits per heavy atom. The summed E-state index contributed by atoms with van der Waals surface area (Å²) in [5, 5.41) is 15.6. The van der Waals surface area contributed by atoms with Gasteiger partial charge in [0.15, 0.2) is 0 Å². The fourth-order valence-electron chi connectivity index (χ4n) is 2.22. The first-order valence-electron chi connectivity index (χ1n) is 7.25. The molecule has 0 N–H and O–H groups in total. The Kier molecular flexibility index (Phi) is 4.20. The molecule has 7 heteroatoms. The number of thiazole rings is 1. The van der Waals surface area contributed by atoms with Gasteiger partial charge in [0, 0.05) is 16.6 Å². The summed E-state index contributed by atoms with van der Waals surface area (Å²) in [6, 6.07) is 8.41. The van der Waals surface area contributed by atoms with Crippen LogP contribution in [0.2, 0.25) is 0 Å². The highest BCUT2D eigenvalue weighted by molar-refractivity contribution is 7.15. The second kappa shape index (κ2) is 6.29. The topological polar surface area (TPSA) is 73.8 Å². The first kappa shape index (κ1) is 15.4. The van der Waals surface area contributed by atoms with Gasteiger partial charge in [0.2, 0.25) is 0 Å². The minimum atomic E-state index is -0.447. The van der Waals surface area contributed by atoms with E-state index in [1.54, 1.807) is 22.2 Å². The standard InChI is InChI=1S/C16H16N4O2S/c1-11(2)12-3-5-13(6-4-12)16-17-8-15(23-16)10-19-9-14(7-18-19)20(21)22/h3-9,11H,10H2,1-2H3. The highest BCUT2D eigenvalue weighted by Crippen LogP contribution is 2.27. The average molecular weight is 328 g/mol. The third-order valence-corrected chi connectivity index (χ3v) is 4.56. The normalized spacial score (nSPS) is 11.1. The first-order chi connectivity index (χ1) is 11.0. The fourth-order valence-corrected chi connectivity index (χ4v) is 3.13. The summed E-state index contributed by atoms with van der Waals surface area (Å²) in [6.07, 6.45) is 4.48. The summed E-state index contributed by atoms with van der Waals surface area (Å²) in [7, 11) is 0. The van der Waals surface area contributed by atoms with Crippen LogP contribution in [0.1, 0.15) is 30.2 Å². The molecule has 0 saturated heterocycles. The molecule has 0 radical (unpaired) electrons. The maximum absolute atomic E-state index is 10.7. The van der Waals surface area contributed by atoms with Crippen LogP contribution < -0.4 is 0 Å². The Hall–Kier alpha value is -2.54. The van der Waals surface area contributed by atoms with Crippen molar-refractivity contribution in [3.8, 4) is 10.6 Å². The van der Waals surface area contributed by atoms with Crippen molar-refractivity contribution >= 4 is 17.0 Å². The van der Waals surface area contributed by atoms with E-state index < -0.39 is 4.92 Å². The Morgan fingerprint density at radius 3 is 2.61 bits per heavy atom. The number of hydrogen-bond acceptors (Lipinski definition) is 5. The fraction of sp³-hybridized carbons (Fsp3) is 0.250.